The first-order chi connectivity index (χ1) is 13.7. The summed E-state index contributed by atoms with van der Waals surface area (Å²) in [5, 5.41) is 4.09. The summed E-state index contributed by atoms with van der Waals surface area (Å²) < 4.78 is 1.52. The maximum Gasteiger partial charge on any atom is 0.262 e. The highest BCUT2D eigenvalue weighted by atomic mass is 32.1. The summed E-state index contributed by atoms with van der Waals surface area (Å²) in [4.78, 5) is 32.6. The lowest BCUT2D eigenvalue weighted by Gasteiger charge is -2.54. The molecule has 148 valence electrons. The molecule has 2 aromatic heterocycles. The van der Waals surface area contributed by atoms with Crippen molar-refractivity contribution in [2.45, 2.75) is 70.4 Å². The van der Waals surface area contributed by atoms with Gasteiger partial charge < -0.3 is 5.32 Å². The van der Waals surface area contributed by atoms with Crippen molar-refractivity contribution in [1.29, 1.82) is 0 Å². The number of thiophene rings is 1. The zero-order chi connectivity index (χ0) is 18.8. The second kappa shape index (κ2) is 6.41. The Labute approximate surface area is 168 Å². The van der Waals surface area contributed by atoms with Crippen molar-refractivity contribution >= 4 is 27.5 Å². The molecule has 0 unspecified atom stereocenters. The van der Waals surface area contributed by atoms with Gasteiger partial charge in [0.1, 0.15) is 11.4 Å². The van der Waals surface area contributed by atoms with Crippen LogP contribution < -0.4 is 10.9 Å². The Morgan fingerprint density at radius 3 is 2.57 bits per heavy atom. The molecule has 5 nitrogen and oxygen atoms in total. The molecule has 4 fully saturated rings. The van der Waals surface area contributed by atoms with E-state index < -0.39 is 0 Å². The van der Waals surface area contributed by atoms with Gasteiger partial charge in [-0.15, -0.1) is 11.3 Å². The van der Waals surface area contributed by atoms with Crippen LogP contribution >= 0.6 is 11.3 Å². The van der Waals surface area contributed by atoms with Crippen LogP contribution in [0, 0.1) is 23.7 Å². The van der Waals surface area contributed by atoms with Crippen LogP contribution in [0.5, 0.6) is 0 Å². The number of hydrogen-bond acceptors (Lipinski definition) is 4. The molecule has 1 N–H and O–H groups in total. The first-order valence-corrected chi connectivity index (χ1v) is 11.8. The second-order valence-corrected chi connectivity index (χ2v) is 10.7. The Morgan fingerprint density at radius 2 is 1.82 bits per heavy atom. The third kappa shape index (κ3) is 2.67. The monoisotopic (exact) mass is 397 g/mol. The normalized spacial score (nSPS) is 33.2. The number of carbonyl (C=O) groups excluding carboxylic acids is 1. The summed E-state index contributed by atoms with van der Waals surface area (Å²) in [6.07, 6.45) is 12.5. The average Bonchev–Trinajstić information content (AvgIpc) is 3.06. The maximum absolute atomic E-state index is 13.1. The molecule has 0 aromatic carbocycles. The van der Waals surface area contributed by atoms with Gasteiger partial charge in [0.15, 0.2) is 0 Å². The number of fused-ring (bicyclic) bond motifs is 3. The molecule has 2 heterocycles. The lowest BCUT2D eigenvalue weighted by Crippen LogP contribution is -2.56. The van der Waals surface area contributed by atoms with Gasteiger partial charge in [-0.2, -0.15) is 0 Å². The van der Waals surface area contributed by atoms with Crippen molar-refractivity contribution in [2.75, 3.05) is 0 Å². The van der Waals surface area contributed by atoms with E-state index in [-0.39, 0.29) is 18.0 Å². The molecule has 4 bridgehead atoms. The molecule has 0 spiro atoms. The van der Waals surface area contributed by atoms with E-state index in [1.165, 1.54) is 53.5 Å². The molecule has 2 aromatic rings. The number of aryl methyl sites for hydroxylation is 2. The van der Waals surface area contributed by atoms with Crippen molar-refractivity contribution in [2.24, 2.45) is 23.7 Å². The Balaban J connectivity index is 1.23. The molecule has 4 saturated carbocycles. The van der Waals surface area contributed by atoms with Crippen LogP contribution in [-0.4, -0.2) is 21.5 Å². The van der Waals surface area contributed by atoms with E-state index in [0.717, 1.165) is 41.3 Å². The molecule has 6 heteroatoms. The van der Waals surface area contributed by atoms with E-state index >= 15 is 0 Å². The first-order valence-electron chi connectivity index (χ1n) is 10.9. The lowest BCUT2D eigenvalue weighted by atomic mass is 9.54. The highest BCUT2D eigenvalue weighted by molar-refractivity contribution is 7.18. The van der Waals surface area contributed by atoms with Gasteiger partial charge in [-0.05, 0) is 87.0 Å². The smallest absolute Gasteiger partial charge is 0.262 e. The summed E-state index contributed by atoms with van der Waals surface area (Å²) >= 11 is 1.66. The third-order valence-electron chi connectivity index (χ3n) is 7.81. The molecular formula is C22H27N3O2S. The van der Waals surface area contributed by atoms with Gasteiger partial charge in [0.25, 0.3) is 5.56 Å². The van der Waals surface area contributed by atoms with Crippen LogP contribution in [0.15, 0.2) is 11.1 Å². The van der Waals surface area contributed by atoms with Crippen LogP contribution in [0.1, 0.15) is 55.4 Å². The summed E-state index contributed by atoms with van der Waals surface area (Å²) in [5.41, 5.74) is 1.16. The predicted octanol–water partition coefficient (Wildman–Crippen LogP) is 3.28. The lowest BCUT2D eigenvalue weighted by molar-refractivity contribution is -0.125. The minimum atomic E-state index is -0.0374. The number of amides is 1. The summed E-state index contributed by atoms with van der Waals surface area (Å²) in [7, 11) is 0. The van der Waals surface area contributed by atoms with Crippen molar-refractivity contribution in [3.05, 3.63) is 27.1 Å². The van der Waals surface area contributed by atoms with Crippen molar-refractivity contribution in [1.82, 2.24) is 14.9 Å². The number of rotatable bonds is 3. The second-order valence-electron chi connectivity index (χ2n) is 9.59. The van der Waals surface area contributed by atoms with Gasteiger partial charge >= 0.3 is 0 Å². The zero-order valence-corrected chi connectivity index (χ0v) is 17.0. The Morgan fingerprint density at radius 1 is 1.11 bits per heavy atom. The fourth-order valence-corrected chi connectivity index (χ4v) is 8.06. The van der Waals surface area contributed by atoms with E-state index in [9.17, 15) is 9.59 Å². The maximum atomic E-state index is 13.1. The van der Waals surface area contributed by atoms with E-state index in [2.05, 4.69) is 10.3 Å². The summed E-state index contributed by atoms with van der Waals surface area (Å²) in [6, 6.07) is 0.321. The number of nitrogens with zero attached hydrogens (tertiary/aromatic N) is 2. The largest absolute Gasteiger partial charge is 0.351 e. The van der Waals surface area contributed by atoms with Crippen LogP contribution in [0.4, 0.5) is 0 Å². The molecule has 1 amide bonds. The fourth-order valence-electron chi connectivity index (χ4n) is 6.84. The molecule has 0 atom stereocenters. The molecule has 28 heavy (non-hydrogen) atoms. The molecule has 7 rings (SSSR count). The van der Waals surface area contributed by atoms with Gasteiger partial charge in [-0.25, -0.2) is 4.98 Å². The Kier molecular flexibility index (Phi) is 3.94. The molecule has 5 aliphatic rings. The van der Waals surface area contributed by atoms with E-state index in [4.69, 9.17) is 0 Å². The van der Waals surface area contributed by atoms with Crippen LogP contribution in [0.2, 0.25) is 0 Å². The van der Waals surface area contributed by atoms with E-state index in [1.807, 2.05) is 0 Å². The highest BCUT2D eigenvalue weighted by Gasteiger charge is 2.48. The van der Waals surface area contributed by atoms with Crippen LogP contribution in [0.3, 0.4) is 0 Å². The Bertz CT molecular complexity index is 979. The van der Waals surface area contributed by atoms with Crippen LogP contribution in [0.25, 0.3) is 10.2 Å². The van der Waals surface area contributed by atoms with E-state index in [1.54, 1.807) is 17.7 Å². The molecule has 0 aliphatic heterocycles. The minimum Gasteiger partial charge on any atom is -0.351 e. The van der Waals surface area contributed by atoms with Crippen molar-refractivity contribution in [3.8, 4) is 0 Å². The number of nitrogens with one attached hydrogen (secondary N) is 1. The highest BCUT2D eigenvalue weighted by Crippen LogP contribution is 2.53. The van der Waals surface area contributed by atoms with Gasteiger partial charge in [0.05, 0.1) is 11.7 Å². The van der Waals surface area contributed by atoms with Gasteiger partial charge in [-0.3, -0.25) is 14.2 Å². The number of aromatic nitrogens is 2. The third-order valence-corrected chi connectivity index (χ3v) is 9.01. The summed E-state index contributed by atoms with van der Waals surface area (Å²) in [6.45, 7) is 0.0925. The minimum absolute atomic E-state index is 0.0233. The van der Waals surface area contributed by atoms with Gasteiger partial charge in [0.2, 0.25) is 5.91 Å². The van der Waals surface area contributed by atoms with E-state index in [0.29, 0.717) is 17.9 Å². The molecule has 5 aliphatic carbocycles. The van der Waals surface area contributed by atoms with Gasteiger partial charge in [-0.1, -0.05) is 0 Å². The van der Waals surface area contributed by atoms with Crippen molar-refractivity contribution < 1.29 is 4.79 Å². The summed E-state index contributed by atoms with van der Waals surface area (Å²) in [5.74, 6) is 3.08. The molecule has 0 saturated heterocycles. The van der Waals surface area contributed by atoms with Gasteiger partial charge in [0, 0.05) is 10.9 Å². The number of carbonyl (C=O) groups is 1. The topological polar surface area (TPSA) is 64.0 Å². The zero-order valence-electron chi connectivity index (χ0n) is 16.2. The Hall–Kier alpha value is -1.69. The molecule has 0 radical (unpaired) electrons. The van der Waals surface area contributed by atoms with Crippen LogP contribution in [-0.2, 0) is 24.2 Å². The first kappa shape index (κ1) is 17.2. The quantitative estimate of drug-likeness (QED) is 0.864. The average molecular weight is 398 g/mol. The SMILES string of the molecule is O=C(Cn1cnc2sc3c(c2c1=O)CCCC3)NC1C2CC3CC(C2)CC1C3. The standard InChI is InChI=1S/C22H27N3O2S/c26-18(24-20-14-6-12-5-13(8-14)9-15(20)7-12)10-25-11-23-21-19(22(25)27)16-3-1-2-4-17(16)28-21/h11-15,20H,1-10H2,(H,24,26). The van der Waals surface area contributed by atoms with Crippen molar-refractivity contribution in [3.63, 3.8) is 0 Å². The fraction of sp³-hybridized carbons (Fsp3) is 0.682. The molecular weight excluding hydrogens is 370 g/mol. The number of hydrogen-bond donors (Lipinski definition) is 1. The predicted molar refractivity (Wildman–Crippen MR) is 109 cm³/mol.